The monoisotopic (exact) mass is 469 g/mol. The van der Waals surface area contributed by atoms with Gasteiger partial charge in [-0.25, -0.2) is 0 Å². The molecule has 2 aromatic rings. The molecule has 2 aliphatic carbocycles. The van der Waals surface area contributed by atoms with Crippen molar-refractivity contribution in [2.24, 2.45) is 16.2 Å². The number of hydrogen-bond donors (Lipinski definition) is 1. The summed E-state index contributed by atoms with van der Waals surface area (Å²) in [5.74, 6) is -2.32. The second kappa shape index (κ2) is 6.94. The fourth-order valence-electron chi connectivity index (χ4n) is 4.06. The van der Waals surface area contributed by atoms with E-state index in [2.05, 4.69) is 9.71 Å². The van der Waals surface area contributed by atoms with E-state index in [4.69, 9.17) is 11.6 Å². The maximum absolute atomic E-state index is 13.1. The molecule has 0 unspecified atom stereocenters. The molecule has 0 amide bonds. The van der Waals surface area contributed by atoms with Gasteiger partial charge >= 0.3 is 0 Å². The van der Waals surface area contributed by atoms with Crippen molar-refractivity contribution in [3.05, 3.63) is 92.2 Å². The van der Waals surface area contributed by atoms with Crippen LogP contribution in [0, 0.1) is 22.0 Å². The number of nitrogens with one attached hydrogen (secondary N) is 1. The lowest BCUT2D eigenvalue weighted by molar-refractivity contribution is -0.385. The lowest BCUT2D eigenvalue weighted by atomic mass is 9.72. The minimum atomic E-state index is -4.15. The number of nitro groups is 1. The number of halogens is 1. The standard InChI is InChI=1S/C21H12ClN3O6S/c22-18-15(8-7-14-17(18)20(27)12-4-2-1-3-11(12)19(14)26)23-21-13-6-5-10(25(28)29)9-16(13)32(30,31)24-21/h1-9,14,17H,(H,23,24)/t14-,17+/m1/s1. The quantitative estimate of drug-likeness (QED) is 0.527. The maximum atomic E-state index is 13.1. The number of hydrogen-bond acceptors (Lipinski definition) is 7. The topological polar surface area (TPSA) is 136 Å². The van der Waals surface area contributed by atoms with Gasteiger partial charge in [0.1, 0.15) is 4.90 Å². The Labute approximate surface area is 186 Å². The van der Waals surface area contributed by atoms with Crippen LogP contribution < -0.4 is 5.32 Å². The van der Waals surface area contributed by atoms with Gasteiger partial charge in [0.05, 0.1) is 27.5 Å². The summed E-state index contributed by atoms with van der Waals surface area (Å²) in [5, 5.41) is 13.9. The Morgan fingerprint density at radius 3 is 2.41 bits per heavy atom. The van der Waals surface area contributed by atoms with Crippen molar-refractivity contribution in [2.45, 2.75) is 4.90 Å². The number of carbonyl (C=O) groups excluding carboxylic acids is 2. The van der Waals surface area contributed by atoms with Gasteiger partial charge in [0.2, 0.25) is 0 Å². The predicted octanol–water partition coefficient (Wildman–Crippen LogP) is 2.97. The molecule has 1 heterocycles. The highest BCUT2D eigenvalue weighted by Gasteiger charge is 2.44. The molecule has 0 spiro atoms. The van der Waals surface area contributed by atoms with Crippen LogP contribution in [0.1, 0.15) is 26.3 Å². The highest BCUT2D eigenvalue weighted by molar-refractivity contribution is 7.90. The molecule has 32 heavy (non-hydrogen) atoms. The Morgan fingerprint density at radius 1 is 1.03 bits per heavy atom. The van der Waals surface area contributed by atoms with E-state index in [9.17, 15) is 28.1 Å². The van der Waals surface area contributed by atoms with Crippen LogP contribution in [0.4, 0.5) is 5.69 Å². The number of allylic oxidation sites excluding steroid dienone is 3. The molecule has 3 aliphatic rings. The maximum Gasteiger partial charge on any atom is 0.285 e. The van der Waals surface area contributed by atoms with Gasteiger partial charge in [-0.2, -0.15) is 8.42 Å². The largest absolute Gasteiger partial charge is 0.338 e. The molecule has 1 N–H and O–H groups in total. The summed E-state index contributed by atoms with van der Waals surface area (Å²) in [6, 6.07) is 9.89. The summed E-state index contributed by atoms with van der Waals surface area (Å²) in [5.41, 5.74) is 0.593. The van der Waals surface area contributed by atoms with E-state index in [0.717, 1.165) is 6.07 Å². The normalized spacial score (nSPS) is 22.7. The van der Waals surface area contributed by atoms with Crippen LogP contribution in [0.25, 0.3) is 0 Å². The Bertz CT molecular complexity index is 1460. The summed E-state index contributed by atoms with van der Waals surface area (Å²) in [6.07, 6.45) is 3.05. The summed E-state index contributed by atoms with van der Waals surface area (Å²) >= 11 is 6.53. The molecule has 0 saturated heterocycles. The van der Waals surface area contributed by atoms with E-state index in [1.165, 1.54) is 18.2 Å². The molecule has 0 aromatic heterocycles. The molecular formula is C21H12ClN3O6S. The first-order valence-electron chi connectivity index (χ1n) is 9.35. The highest BCUT2D eigenvalue weighted by Crippen LogP contribution is 2.41. The zero-order valence-corrected chi connectivity index (χ0v) is 17.6. The molecule has 0 fully saturated rings. The van der Waals surface area contributed by atoms with Crippen LogP contribution in [0.2, 0.25) is 0 Å². The third-order valence-electron chi connectivity index (χ3n) is 5.58. The first-order chi connectivity index (χ1) is 15.2. The Morgan fingerprint density at radius 2 is 1.72 bits per heavy atom. The van der Waals surface area contributed by atoms with Gasteiger partial charge in [-0.15, -0.1) is 4.40 Å². The second-order valence-corrected chi connectivity index (χ2v) is 9.36. The zero-order valence-electron chi connectivity index (χ0n) is 16.0. The lowest BCUT2D eigenvalue weighted by Crippen LogP contribution is -2.39. The predicted molar refractivity (Wildman–Crippen MR) is 114 cm³/mol. The minimum Gasteiger partial charge on any atom is -0.338 e. The molecule has 2 atom stereocenters. The van der Waals surface area contributed by atoms with Gasteiger partial charge in [0.15, 0.2) is 17.4 Å². The van der Waals surface area contributed by atoms with Crippen LogP contribution in [0.5, 0.6) is 0 Å². The number of carbonyl (C=O) groups is 2. The smallest absolute Gasteiger partial charge is 0.285 e. The molecule has 1 aliphatic heterocycles. The number of non-ortho nitro benzene ring substituents is 1. The van der Waals surface area contributed by atoms with E-state index in [1.54, 1.807) is 30.3 Å². The Kier molecular flexibility index (Phi) is 4.40. The molecule has 9 nitrogen and oxygen atoms in total. The van der Waals surface area contributed by atoms with Crippen LogP contribution in [-0.2, 0) is 10.0 Å². The highest BCUT2D eigenvalue weighted by atomic mass is 35.5. The first kappa shape index (κ1) is 20.3. The van der Waals surface area contributed by atoms with Crippen molar-refractivity contribution in [1.82, 2.24) is 5.32 Å². The van der Waals surface area contributed by atoms with Crippen molar-refractivity contribution in [3.63, 3.8) is 0 Å². The number of nitro benzene ring substituents is 1. The number of fused-ring (bicyclic) bond motifs is 3. The lowest BCUT2D eigenvalue weighted by Gasteiger charge is -2.32. The van der Waals surface area contributed by atoms with Gasteiger partial charge in [-0.05, 0) is 12.1 Å². The first-order valence-corrected chi connectivity index (χ1v) is 11.2. The van der Waals surface area contributed by atoms with E-state index >= 15 is 0 Å². The minimum absolute atomic E-state index is 0.0563. The average molecular weight is 470 g/mol. The van der Waals surface area contributed by atoms with Gasteiger partial charge in [0.25, 0.3) is 15.7 Å². The molecule has 5 rings (SSSR count). The zero-order chi connectivity index (χ0) is 22.8. The van der Waals surface area contributed by atoms with Crippen LogP contribution in [0.15, 0.2) is 74.6 Å². The second-order valence-electron chi connectivity index (χ2n) is 7.38. The Hall–Kier alpha value is -3.63. The van der Waals surface area contributed by atoms with Gasteiger partial charge in [-0.3, -0.25) is 19.7 Å². The molecule has 0 bridgehead atoms. The number of rotatable bonds is 2. The van der Waals surface area contributed by atoms with E-state index in [0.29, 0.717) is 5.56 Å². The van der Waals surface area contributed by atoms with E-state index in [-0.39, 0.29) is 49.8 Å². The van der Waals surface area contributed by atoms with Crippen molar-refractivity contribution in [3.8, 4) is 0 Å². The SMILES string of the molecule is O=C1c2ccccc2C(=O)[C@@H]2C=CC(NC3=NS(=O)(=O)c4cc([N+](=O)[O-])ccc43)=C(Cl)[C@@H]12. The number of sulfonamides is 1. The fraction of sp³-hybridized carbons (Fsp3) is 0.0952. The number of Topliss-reactive ketones (excluding diaryl/α,β-unsaturated/α-hetero) is 2. The van der Waals surface area contributed by atoms with Crippen LogP contribution >= 0.6 is 11.6 Å². The van der Waals surface area contributed by atoms with Gasteiger partial charge in [-0.1, -0.05) is 41.9 Å². The average Bonchev–Trinajstić information content (AvgIpc) is 3.02. The molecule has 160 valence electrons. The van der Waals surface area contributed by atoms with Crippen molar-refractivity contribution >= 4 is 44.7 Å². The summed E-state index contributed by atoms with van der Waals surface area (Å²) in [4.78, 5) is 35.9. The van der Waals surface area contributed by atoms with Crippen molar-refractivity contribution in [1.29, 1.82) is 0 Å². The summed E-state index contributed by atoms with van der Waals surface area (Å²) < 4.78 is 28.5. The summed E-state index contributed by atoms with van der Waals surface area (Å²) in [6.45, 7) is 0. The third-order valence-corrected chi connectivity index (χ3v) is 7.33. The number of nitrogens with zero attached hydrogens (tertiary/aromatic N) is 2. The van der Waals surface area contributed by atoms with Crippen LogP contribution in [0.3, 0.4) is 0 Å². The molecule has 2 aromatic carbocycles. The van der Waals surface area contributed by atoms with Gasteiger partial charge in [0, 0.05) is 28.8 Å². The van der Waals surface area contributed by atoms with Crippen molar-refractivity contribution in [2.75, 3.05) is 0 Å². The molecule has 11 heteroatoms. The Balaban J connectivity index is 1.54. The number of ketones is 2. The third kappa shape index (κ3) is 2.91. The van der Waals surface area contributed by atoms with Crippen LogP contribution in [-0.4, -0.2) is 30.7 Å². The van der Waals surface area contributed by atoms with Gasteiger partial charge < -0.3 is 5.32 Å². The summed E-state index contributed by atoms with van der Waals surface area (Å²) in [7, 11) is -4.15. The molecule has 0 saturated carbocycles. The van der Waals surface area contributed by atoms with E-state index in [1.807, 2.05) is 0 Å². The van der Waals surface area contributed by atoms with E-state index < -0.39 is 26.8 Å². The van der Waals surface area contributed by atoms with Crippen molar-refractivity contribution < 1.29 is 22.9 Å². The molecular weight excluding hydrogens is 458 g/mol. The number of amidine groups is 1. The number of benzene rings is 2. The fourth-order valence-corrected chi connectivity index (χ4v) is 5.60. The molecule has 0 radical (unpaired) electrons.